The van der Waals surface area contributed by atoms with Crippen molar-refractivity contribution in [2.24, 2.45) is 5.41 Å². The lowest BCUT2D eigenvalue weighted by atomic mass is 9.78. The molecule has 8 heteroatoms. The second-order valence-electron chi connectivity index (χ2n) is 7.80. The van der Waals surface area contributed by atoms with E-state index in [0.717, 1.165) is 6.08 Å². The highest BCUT2D eigenvalue weighted by molar-refractivity contribution is 5.84. The van der Waals surface area contributed by atoms with Crippen LogP contribution in [-0.4, -0.2) is 29.4 Å². The largest absolute Gasteiger partial charge is 0.504 e. The lowest BCUT2D eigenvalue weighted by molar-refractivity contribution is -0.131. The number of benzene rings is 2. The lowest BCUT2D eigenvalue weighted by Crippen LogP contribution is -2.29. The molecule has 2 aromatic carbocycles. The van der Waals surface area contributed by atoms with Gasteiger partial charge < -0.3 is 19.7 Å². The molecule has 0 unspecified atom stereocenters. The van der Waals surface area contributed by atoms with E-state index in [1.807, 2.05) is 19.9 Å². The number of nitriles is 1. The molecule has 1 amide bonds. The number of anilines is 1. The van der Waals surface area contributed by atoms with Gasteiger partial charge in [-0.05, 0) is 54.8 Å². The molecule has 0 heterocycles. The van der Waals surface area contributed by atoms with Gasteiger partial charge in [0.15, 0.2) is 11.5 Å². The summed E-state index contributed by atoms with van der Waals surface area (Å²) in [5.74, 6) is -0.832. The van der Waals surface area contributed by atoms with Crippen LogP contribution in [-0.2, 0) is 9.53 Å². The highest BCUT2D eigenvalue weighted by Gasteiger charge is 2.34. The standard InChI is InChI=1S/C24H26N2O6/c1-24(2,13-5-4-6-21(28)29)22(17-9-12-20(31-3)19(27)14-17)32-23(30)26-18-10-7-16(15-25)8-11-18/h4,6-12,14,22,27H,5,13H2,1-3H3,(H,26,30)(H,28,29)/b6-4+/t22-/m1/s1. The quantitative estimate of drug-likeness (QED) is 0.469. The van der Waals surface area contributed by atoms with Gasteiger partial charge in [-0.2, -0.15) is 5.26 Å². The number of carboxylic acids is 1. The van der Waals surface area contributed by atoms with Gasteiger partial charge >= 0.3 is 12.1 Å². The zero-order chi connectivity index (χ0) is 23.7. The van der Waals surface area contributed by atoms with E-state index in [1.165, 1.54) is 13.2 Å². The van der Waals surface area contributed by atoms with Crippen LogP contribution in [0.1, 0.15) is 43.9 Å². The second-order valence-corrected chi connectivity index (χ2v) is 7.80. The Morgan fingerprint density at radius 2 is 1.91 bits per heavy atom. The highest BCUT2D eigenvalue weighted by Crippen LogP contribution is 2.42. The van der Waals surface area contributed by atoms with Crippen LogP contribution in [0.4, 0.5) is 10.5 Å². The molecule has 1 atom stereocenters. The SMILES string of the molecule is COc1ccc([C@@H](OC(=O)Nc2ccc(C#N)cc2)C(C)(C)CC/C=C/C(=O)O)cc1O. The molecule has 0 saturated heterocycles. The summed E-state index contributed by atoms with van der Waals surface area (Å²) in [4.78, 5) is 23.4. The smallest absolute Gasteiger partial charge is 0.412 e. The Bertz CT molecular complexity index is 1020. The number of aromatic hydroxyl groups is 1. The summed E-state index contributed by atoms with van der Waals surface area (Å²) >= 11 is 0. The van der Waals surface area contributed by atoms with E-state index in [1.54, 1.807) is 42.5 Å². The number of carboxylic acid groups (broad SMARTS) is 1. The number of methoxy groups -OCH3 is 1. The minimum atomic E-state index is -1.03. The Morgan fingerprint density at radius 1 is 1.22 bits per heavy atom. The number of phenols is 1. The molecule has 0 fully saturated rings. The summed E-state index contributed by atoms with van der Waals surface area (Å²) in [5, 5.41) is 30.5. The third kappa shape index (κ3) is 6.77. The van der Waals surface area contributed by atoms with Crippen molar-refractivity contribution in [3.05, 3.63) is 65.7 Å². The molecular formula is C24H26N2O6. The average molecular weight is 438 g/mol. The molecule has 8 nitrogen and oxygen atoms in total. The number of hydrogen-bond donors (Lipinski definition) is 3. The van der Waals surface area contributed by atoms with E-state index in [0.29, 0.717) is 29.7 Å². The van der Waals surface area contributed by atoms with Gasteiger partial charge in [-0.3, -0.25) is 5.32 Å². The summed E-state index contributed by atoms with van der Waals surface area (Å²) < 4.78 is 10.8. The van der Waals surface area contributed by atoms with Crippen molar-refractivity contribution in [3.63, 3.8) is 0 Å². The van der Waals surface area contributed by atoms with Gasteiger partial charge in [0.05, 0.1) is 18.7 Å². The number of aliphatic carboxylic acids is 1. The molecule has 0 aromatic heterocycles. The van der Waals surface area contributed by atoms with Crippen LogP contribution < -0.4 is 10.1 Å². The fourth-order valence-corrected chi connectivity index (χ4v) is 3.20. The molecule has 0 saturated carbocycles. The Kier molecular flexibility index (Phi) is 8.24. The number of ether oxygens (including phenoxy) is 2. The molecule has 2 aromatic rings. The van der Waals surface area contributed by atoms with Crippen LogP contribution in [0.5, 0.6) is 11.5 Å². The van der Waals surface area contributed by atoms with Gasteiger partial charge in [-0.25, -0.2) is 9.59 Å². The fraction of sp³-hybridized carbons (Fsp3) is 0.292. The Hall–Kier alpha value is -3.99. The zero-order valence-corrected chi connectivity index (χ0v) is 18.2. The van der Waals surface area contributed by atoms with Crippen LogP contribution in [0.25, 0.3) is 0 Å². The number of allylic oxidation sites excluding steroid dienone is 1. The number of amides is 1. The number of nitrogens with one attached hydrogen (secondary N) is 1. The van der Waals surface area contributed by atoms with Crippen LogP contribution >= 0.6 is 0 Å². The molecule has 32 heavy (non-hydrogen) atoms. The summed E-state index contributed by atoms with van der Waals surface area (Å²) in [6.07, 6.45) is 2.13. The van der Waals surface area contributed by atoms with Crippen LogP contribution in [0.15, 0.2) is 54.6 Å². The number of phenolic OH excluding ortho intramolecular Hbond substituents is 1. The Balaban J connectivity index is 2.25. The molecule has 0 aliphatic heterocycles. The zero-order valence-electron chi connectivity index (χ0n) is 18.2. The molecule has 0 aliphatic carbocycles. The van der Waals surface area contributed by atoms with Gasteiger partial charge in [0.1, 0.15) is 6.10 Å². The minimum absolute atomic E-state index is 0.0901. The molecule has 0 spiro atoms. The first-order valence-electron chi connectivity index (χ1n) is 9.90. The maximum atomic E-state index is 12.6. The van der Waals surface area contributed by atoms with Gasteiger partial charge in [-0.15, -0.1) is 0 Å². The normalized spacial score (nSPS) is 12.1. The highest BCUT2D eigenvalue weighted by atomic mass is 16.6. The predicted molar refractivity (Wildman–Crippen MR) is 118 cm³/mol. The molecule has 3 N–H and O–H groups in total. The Labute approximate surface area is 186 Å². The maximum absolute atomic E-state index is 12.6. The van der Waals surface area contributed by atoms with E-state index in [-0.39, 0.29) is 11.5 Å². The van der Waals surface area contributed by atoms with E-state index in [9.17, 15) is 14.7 Å². The van der Waals surface area contributed by atoms with Crippen LogP contribution in [0.2, 0.25) is 0 Å². The molecule has 168 valence electrons. The maximum Gasteiger partial charge on any atom is 0.412 e. The molecule has 0 radical (unpaired) electrons. The van der Waals surface area contributed by atoms with Crippen molar-refractivity contribution in [3.8, 4) is 17.6 Å². The van der Waals surface area contributed by atoms with Crippen molar-refractivity contribution in [1.82, 2.24) is 0 Å². The molecular weight excluding hydrogens is 412 g/mol. The summed E-state index contributed by atoms with van der Waals surface area (Å²) in [6, 6.07) is 13.1. The monoisotopic (exact) mass is 438 g/mol. The van der Waals surface area contributed by atoms with Crippen molar-refractivity contribution >= 4 is 17.7 Å². The number of carbonyl (C=O) groups excluding carboxylic acids is 1. The van der Waals surface area contributed by atoms with Gasteiger partial charge in [0, 0.05) is 17.2 Å². The fourth-order valence-electron chi connectivity index (χ4n) is 3.20. The summed E-state index contributed by atoms with van der Waals surface area (Å²) in [7, 11) is 1.44. The molecule has 0 bridgehead atoms. The number of carbonyl (C=O) groups is 2. The van der Waals surface area contributed by atoms with E-state index < -0.39 is 23.6 Å². The van der Waals surface area contributed by atoms with Crippen molar-refractivity contribution in [2.45, 2.75) is 32.8 Å². The first kappa shape index (κ1) is 24.3. The van der Waals surface area contributed by atoms with Gasteiger partial charge in [0.25, 0.3) is 0 Å². The van der Waals surface area contributed by atoms with Crippen molar-refractivity contribution < 1.29 is 29.3 Å². The number of rotatable bonds is 9. The van der Waals surface area contributed by atoms with E-state index >= 15 is 0 Å². The van der Waals surface area contributed by atoms with Crippen molar-refractivity contribution in [2.75, 3.05) is 12.4 Å². The number of nitrogens with zero attached hydrogens (tertiary/aromatic N) is 1. The summed E-state index contributed by atoms with van der Waals surface area (Å²) in [6.45, 7) is 3.78. The average Bonchev–Trinajstić information content (AvgIpc) is 2.75. The molecule has 0 aliphatic rings. The second kappa shape index (κ2) is 10.9. The van der Waals surface area contributed by atoms with E-state index in [4.69, 9.17) is 19.8 Å². The lowest BCUT2D eigenvalue weighted by Gasteiger charge is -2.34. The first-order valence-corrected chi connectivity index (χ1v) is 9.90. The van der Waals surface area contributed by atoms with Gasteiger partial charge in [-0.1, -0.05) is 26.0 Å². The third-order valence-corrected chi connectivity index (χ3v) is 4.92. The van der Waals surface area contributed by atoms with Crippen LogP contribution in [0.3, 0.4) is 0 Å². The topological polar surface area (TPSA) is 129 Å². The third-order valence-electron chi connectivity index (χ3n) is 4.92. The summed E-state index contributed by atoms with van der Waals surface area (Å²) in [5.41, 5.74) is 0.885. The minimum Gasteiger partial charge on any atom is -0.504 e. The first-order chi connectivity index (χ1) is 15.2. The molecule has 2 rings (SSSR count). The van der Waals surface area contributed by atoms with Crippen molar-refractivity contribution in [1.29, 1.82) is 5.26 Å². The predicted octanol–water partition coefficient (Wildman–Crippen LogP) is 5.01. The van der Waals surface area contributed by atoms with Crippen LogP contribution in [0, 0.1) is 16.7 Å². The Morgan fingerprint density at radius 3 is 2.47 bits per heavy atom. The number of hydrogen-bond acceptors (Lipinski definition) is 6. The van der Waals surface area contributed by atoms with Gasteiger partial charge in [0.2, 0.25) is 0 Å². The van der Waals surface area contributed by atoms with E-state index in [2.05, 4.69) is 5.32 Å².